The van der Waals surface area contributed by atoms with Crippen molar-refractivity contribution < 1.29 is 4.79 Å². The standard InChI is InChI=1S/C14H20BrN3O/c15-12-3-1-2-11(8-12)9-17-13-4-6-18(7-5-13)10-14(16)19/h1-3,8,13,17H,4-7,9-10H2,(H2,16,19). The van der Waals surface area contributed by atoms with E-state index >= 15 is 0 Å². The first-order chi connectivity index (χ1) is 9.13. The maximum absolute atomic E-state index is 10.9. The number of carbonyl (C=O) groups excluding carboxylic acids is 1. The van der Waals surface area contributed by atoms with Crippen molar-refractivity contribution in [3.05, 3.63) is 34.3 Å². The van der Waals surface area contributed by atoms with Crippen LogP contribution in [0.15, 0.2) is 28.7 Å². The number of amides is 1. The number of benzene rings is 1. The highest BCUT2D eigenvalue weighted by molar-refractivity contribution is 9.10. The van der Waals surface area contributed by atoms with Crippen molar-refractivity contribution in [2.75, 3.05) is 19.6 Å². The smallest absolute Gasteiger partial charge is 0.231 e. The average Bonchev–Trinajstić information content (AvgIpc) is 2.37. The van der Waals surface area contributed by atoms with Crippen LogP contribution in [-0.2, 0) is 11.3 Å². The lowest BCUT2D eigenvalue weighted by Gasteiger charge is -2.31. The molecule has 1 aliphatic rings. The molecule has 1 aromatic carbocycles. The molecule has 1 heterocycles. The zero-order valence-corrected chi connectivity index (χ0v) is 12.5. The SMILES string of the molecule is NC(=O)CN1CCC(NCc2cccc(Br)c2)CC1. The van der Waals surface area contributed by atoms with Crippen LogP contribution < -0.4 is 11.1 Å². The van der Waals surface area contributed by atoms with Crippen LogP contribution in [0.1, 0.15) is 18.4 Å². The molecule has 1 amide bonds. The predicted octanol–water partition coefficient (Wildman–Crippen LogP) is 1.49. The fourth-order valence-corrected chi connectivity index (χ4v) is 2.87. The minimum absolute atomic E-state index is 0.236. The third-order valence-corrected chi connectivity index (χ3v) is 3.94. The summed E-state index contributed by atoms with van der Waals surface area (Å²) in [6, 6.07) is 8.88. The van der Waals surface area contributed by atoms with Gasteiger partial charge in [-0.3, -0.25) is 9.69 Å². The van der Waals surface area contributed by atoms with Gasteiger partial charge in [-0.05, 0) is 30.5 Å². The van der Waals surface area contributed by atoms with Crippen molar-refractivity contribution in [3.63, 3.8) is 0 Å². The third kappa shape index (κ3) is 4.93. The van der Waals surface area contributed by atoms with E-state index < -0.39 is 0 Å². The maximum Gasteiger partial charge on any atom is 0.231 e. The Labute approximate surface area is 122 Å². The molecule has 1 fully saturated rings. The van der Waals surface area contributed by atoms with Gasteiger partial charge in [0.15, 0.2) is 0 Å². The molecule has 2 rings (SSSR count). The number of hydrogen-bond donors (Lipinski definition) is 2. The van der Waals surface area contributed by atoms with Crippen molar-refractivity contribution in [2.45, 2.75) is 25.4 Å². The molecule has 1 aliphatic heterocycles. The molecule has 0 unspecified atom stereocenters. The first kappa shape index (κ1) is 14.5. The van der Waals surface area contributed by atoms with Crippen molar-refractivity contribution in [3.8, 4) is 0 Å². The van der Waals surface area contributed by atoms with Gasteiger partial charge in [-0.25, -0.2) is 0 Å². The molecule has 1 saturated heterocycles. The molecule has 0 bridgehead atoms. The van der Waals surface area contributed by atoms with Crippen molar-refractivity contribution in [2.24, 2.45) is 5.73 Å². The molecule has 0 aromatic heterocycles. The van der Waals surface area contributed by atoms with Gasteiger partial charge in [0.1, 0.15) is 0 Å². The number of nitrogens with one attached hydrogen (secondary N) is 1. The van der Waals surface area contributed by atoms with E-state index in [1.807, 2.05) is 6.07 Å². The summed E-state index contributed by atoms with van der Waals surface area (Å²) in [6.07, 6.45) is 2.14. The van der Waals surface area contributed by atoms with E-state index in [9.17, 15) is 4.79 Å². The van der Waals surface area contributed by atoms with Crippen LogP contribution >= 0.6 is 15.9 Å². The van der Waals surface area contributed by atoms with Crippen LogP contribution in [0.4, 0.5) is 0 Å². The van der Waals surface area contributed by atoms with Crippen LogP contribution in [0.25, 0.3) is 0 Å². The van der Waals surface area contributed by atoms with E-state index in [0.29, 0.717) is 12.6 Å². The monoisotopic (exact) mass is 325 g/mol. The zero-order chi connectivity index (χ0) is 13.7. The molecule has 0 atom stereocenters. The highest BCUT2D eigenvalue weighted by Crippen LogP contribution is 2.13. The molecule has 3 N–H and O–H groups in total. The lowest BCUT2D eigenvalue weighted by molar-refractivity contribution is -0.119. The predicted molar refractivity (Wildman–Crippen MR) is 79.6 cm³/mol. The van der Waals surface area contributed by atoms with E-state index in [1.165, 1.54) is 5.56 Å². The topological polar surface area (TPSA) is 58.4 Å². The van der Waals surface area contributed by atoms with E-state index in [0.717, 1.165) is 36.9 Å². The molecule has 0 spiro atoms. The lowest BCUT2D eigenvalue weighted by atomic mass is 10.0. The number of rotatable bonds is 5. The van der Waals surface area contributed by atoms with Gasteiger partial charge in [0, 0.05) is 30.1 Å². The molecule has 0 saturated carbocycles. The van der Waals surface area contributed by atoms with Gasteiger partial charge in [-0.1, -0.05) is 28.1 Å². The van der Waals surface area contributed by atoms with Crippen molar-refractivity contribution >= 4 is 21.8 Å². The summed E-state index contributed by atoms with van der Waals surface area (Å²) >= 11 is 3.48. The second-order valence-electron chi connectivity index (χ2n) is 5.03. The van der Waals surface area contributed by atoms with E-state index in [2.05, 4.69) is 44.3 Å². The summed E-state index contributed by atoms with van der Waals surface area (Å²) in [4.78, 5) is 13.0. The first-order valence-electron chi connectivity index (χ1n) is 6.62. The minimum atomic E-state index is -0.236. The summed E-state index contributed by atoms with van der Waals surface area (Å²) in [5, 5.41) is 3.58. The maximum atomic E-state index is 10.9. The van der Waals surface area contributed by atoms with E-state index in [1.54, 1.807) is 0 Å². The van der Waals surface area contributed by atoms with Gasteiger partial charge >= 0.3 is 0 Å². The van der Waals surface area contributed by atoms with E-state index in [4.69, 9.17) is 5.73 Å². The van der Waals surface area contributed by atoms with Gasteiger partial charge in [0.25, 0.3) is 0 Å². The Balaban J connectivity index is 1.72. The minimum Gasteiger partial charge on any atom is -0.369 e. The number of likely N-dealkylation sites (tertiary alicyclic amines) is 1. The van der Waals surface area contributed by atoms with Crippen LogP contribution in [0.5, 0.6) is 0 Å². The molecule has 1 aromatic rings. The summed E-state index contributed by atoms with van der Waals surface area (Å²) in [5.74, 6) is -0.236. The first-order valence-corrected chi connectivity index (χ1v) is 7.41. The van der Waals surface area contributed by atoms with Gasteiger partial charge in [0.2, 0.25) is 5.91 Å². The third-order valence-electron chi connectivity index (χ3n) is 3.45. The summed E-state index contributed by atoms with van der Waals surface area (Å²) < 4.78 is 1.11. The fraction of sp³-hybridized carbons (Fsp3) is 0.500. The number of nitrogens with zero attached hydrogens (tertiary/aromatic N) is 1. The van der Waals surface area contributed by atoms with E-state index in [-0.39, 0.29) is 5.91 Å². The second-order valence-corrected chi connectivity index (χ2v) is 5.94. The molecular weight excluding hydrogens is 306 g/mol. The quantitative estimate of drug-likeness (QED) is 0.862. The molecule has 4 nitrogen and oxygen atoms in total. The van der Waals surface area contributed by atoms with Crippen molar-refractivity contribution in [1.82, 2.24) is 10.2 Å². The van der Waals surface area contributed by atoms with Crippen LogP contribution in [0, 0.1) is 0 Å². The highest BCUT2D eigenvalue weighted by atomic mass is 79.9. The highest BCUT2D eigenvalue weighted by Gasteiger charge is 2.19. The number of halogens is 1. The number of carbonyl (C=O) groups is 1. The normalized spacial score (nSPS) is 17.5. The largest absolute Gasteiger partial charge is 0.369 e. The molecule has 5 heteroatoms. The Bertz CT molecular complexity index is 430. The van der Waals surface area contributed by atoms with Crippen molar-refractivity contribution in [1.29, 1.82) is 0 Å². The van der Waals surface area contributed by atoms with Crippen LogP contribution in [0.2, 0.25) is 0 Å². The molecule has 0 aliphatic carbocycles. The Hall–Kier alpha value is -0.910. The van der Waals surface area contributed by atoms with Gasteiger partial charge < -0.3 is 11.1 Å². The van der Waals surface area contributed by atoms with Gasteiger partial charge in [-0.15, -0.1) is 0 Å². The molecule has 19 heavy (non-hydrogen) atoms. The lowest BCUT2D eigenvalue weighted by Crippen LogP contribution is -2.45. The zero-order valence-electron chi connectivity index (χ0n) is 10.9. The van der Waals surface area contributed by atoms with Crippen LogP contribution in [0.3, 0.4) is 0 Å². The van der Waals surface area contributed by atoms with Gasteiger partial charge in [-0.2, -0.15) is 0 Å². The molecule has 0 radical (unpaired) electrons. The Kier molecular flexibility index (Phi) is 5.36. The van der Waals surface area contributed by atoms with Gasteiger partial charge in [0.05, 0.1) is 6.54 Å². The molecule has 104 valence electrons. The Morgan fingerprint density at radius 1 is 1.42 bits per heavy atom. The number of piperidine rings is 1. The Morgan fingerprint density at radius 3 is 2.79 bits per heavy atom. The fourth-order valence-electron chi connectivity index (χ4n) is 2.42. The summed E-state index contributed by atoms with van der Waals surface area (Å²) in [5.41, 5.74) is 6.49. The Morgan fingerprint density at radius 2 is 2.16 bits per heavy atom. The summed E-state index contributed by atoms with van der Waals surface area (Å²) in [7, 11) is 0. The van der Waals surface area contributed by atoms with Crippen LogP contribution in [-0.4, -0.2) is 36.5 Å². The average molecular weight is 326 g/mol. The summed E-state index contributed by atoms with van der Waals surface area (Å²) in [6.45, 7) is 3.16. The number of hydrogen-bond acceptors (Lipinski definition) is 3. The second kappa shape index (κ2) is 7.03. The number of primary amides is 1. The number of nitrogens with two attached hydrogens (primary N) is 1. The molecular formula is C14H20BrN3O.